The molecule has 0 amide bonds. The maximum absolute atomic E-state index is 10.5. The van der Waals surface area contributed by atoms with Crippen LogP contribution in [0.5, 0.6) is 0 Å². The second kappa shape index (κ2) is 7.75. The fourth-order valence-corrected chi connectivity index (χ4v) is 3.98. The molecule has 1 saturated heterocycles. The van der Waals surface area contributed by atoms with Crippen molar-refractivity contribution in [2.75, 3.05) is 39.3 Å². The van der Waals surface area contributed by atoms with Crippen molar-refractivity contribution in [1.82, 2.24) is 9.80 Å². The van der Waals surface area contributed by atoms with Gasteiger partial charge in [-0.3, -0.25) is 4.90 Å². The van der Waals surface area contributed by atoms with Gasteiger partial charge in [-0.1, -0.05) is 24.3 Å². The van der Waals surface area contributed by atoms with E-state index >= 15 is 0 Å². The molecule has 1 N–H and O–H groups in total. The van der Waals surface area contributed by atoms with Gasteiger partial charge in [-0.25, -0.2) is 0 Å². The molecule has 0 spiro atoms. The Morgan fingerprint density at radius 3 is 2.09 bits per heavy atom. The number of rotatable bonds is 4. The van der Waals surface area contributed by atoms with E-state index in [4.69, 9.17) is 4.74 Å². The normalized spacial score (nSPS) is 28.1. The number of aliphatic hydroxyl groups excluding tert-OH is 1. The monoisotopic (exact) mass is 318 g/mol. The number of aliphatic hydroxyl groups is 1. The van der Waals surface area contributed by atoms with Crippen molar-refractivity contribution in [3.63, 3.8) is 0 Å². The maximum atomic E-state index is 10.5. The molecule has 1 aromatic carbocycles. The lowest BCUT2D eigenvalue weighted by atomic mass is 10.0. The molecule has 0 bridgehead atoms. The minimum Gasteiger partial charge on any atom is -0.390 e. The molecular formula is C19H30N2O2. The SMILES string of the molecule is CC1CN(CC(O)CN2CCc3ccccc3CC2)CC(C)O1. The van der Waals surface area contributed by atoms with Gasteiger partial charge in [0, 0.05) is 39.3 Å². The summed E-state index contributed by atoms with van der Waals surface area (Å²) in [5, 5.41) is 10.5. The number of nitrogens with zero attached hydrogens (tertiary/aromatic N) is 2. The number of fused-ring (bicyclic) bond motifs is 1. The summed E-state index contributed by atoms with van der Waals surface area (Å²) in [5.41, 5.74) is 2.95. The van der Waals surface area contributed by atoms with Crippen molar-refractivity contribution in [1.29, 1.82) is 0 Å². The molecule has 23 heavy (non-hydrogen) atoms. The van der Waals surface area contributed by atoms with Gasteiger partial charge in [0.1, 0.15) is 0 Å². The van der Waals surface area contributed by atoms with Crippen molar-refractivity contribution in [2.24, 2.45) is 0 Å². The number of ether oxygens (including phenoxy) is 1. The summed E-state index contributed by atoms with van der Waals surface area (Å²) < 4.78 is 5.77. The topological polar surface area (TPSA) is 35.9 Å². The summed E-state index contributed by atoms with van der Waals surface area (Å²) in [6, 6.07) is 8.74. The Morgan fingerprint density at radius 1 is 1.00 bits per heavy atom. The first-order chi connectivity index (χ1) is 11.1. The summed E-state index contributed by atoms with van der Waals surface area (Å²) in [6.45, 7) is 9.69. The Bertz CT molecular complexity index is 471. The van der Waals surface area contributed by atoms with E-state index in [-0.39, 0.29) is 18.3 Å². The molecule has 3 unspecified atom stereocenters. The van der Waals surface area contributed by atoms with Crippen molar-refractivity contribution in [3.05, 3.63) is 35.4 Å². The third-order valence-corrected chi connectivity index (χ3v) is 4.95. The number of β-amino-alcohol motifs (C(OH)–C–C–N with tert-alkyl or cyclic N) is 1. The van der Waals surface area contributed by atoms with Crippen molar-refractivity contribution in [3.8, 4) is 0 Å². The van der Waals surface area contributed by atoms with Gasteiger partial charge in [-0.05, 0) is 37.8 Å². The van der Waals surface area contributed by atoms with Gasteiger partial charge in [0.15, 0.2) is 0 Å². The Kier molecular flexibility index (Phi) is 5.70. The molecule has 3 rings (SSSR count). The van der Waals surface area contributed by atoms with Crippen LogP contribution < -0.4 is 0 Å². The predicted molar refractivity (Wildman–Crippen MR) is 92.7 cm³/mol. The number of hydrogen-bond acceptors (Lipinski definition) is 4. The maximum Gasteiger partial charge on any atom is 0.0793 e. The molecule has 3 atom stereocenters. The Balaban J connectivity index is 1.48. The largest absolute Gasteiger partial charge is 0.390 e. The third-order valence-electron chi connectivity index (χ3n) is 4.95. The van der Waals surface area contributed by atoms with Crippen LogP contribution in [0.3, 0.4) is 0 Å². The first kappa shape index (κ1) is 16.9. The van der Waals surface area contributed by atoms with E-state index in [1.54, 1.807) is 0 Å². The van der Waals surface area contributed by atoms with Crippen LogP contribution in [0.1, 0.15) is 25.0 Å². The molecule has 2 aliphatic heterocycles. The number of morpholine rings is 1. The van der Waals surface area contributed by atoms with Gasteiger partial charge in [0.25, 0.3) is 0 Å². The molecule has 0 aliphatic carbocycles. The molecule has 0 aromatic heterocycles. The lowest BCUT2D eigenvalue weighted by molar-refractivity contribution is -0.0779. The predicted octanol–water partition coefficient (Wildman–Crippen LogP) is 1.56. The zero-order valence-corrected chi connectivity index (χ0v) is 14.4. The highest BCUT2D eigenvalue weighted by atomic mass is 16.5. The van der Waals surface area contributed by atoms with Crippen LogP contribution >= 0.6 is 0 Å². The van der Waals surface area contributed by atoms with Gasteiger partial charge in [0.05, 0.1) is 18.3 Å². The van der Waals surface area contributed by atoms with Crippen LogP contribution in [-0.2, 0) is 17.6 Å². The van der Waals surface area contributed by atoms with Crippen LogP contribution in [0.4, 0.5) is 0 Å². The second-order valence-electron chi connectivity index (χ2n) is 7.20. The highest BCUT2D eigenvalue weighted by Crippen LogP contribution is 2.16. The van der Waals surface area contributed by atoms with Crippen LogP contribution in [0.15, 0.2) is 24.3 Å². The highest BCUT2D eigenvalue weighted by molar-refractivity contribution is 5.28. The summed E-state index contributed by atoms with van der Waals surface area (Å²) in [7, 11) is 0. The van der Waals surface area contributed by atoms with E-state index in [2.05, 4.69) is 47.9 Å². The highest BCUT2D eigenvalue weighted by Gasteiger charge is 2.25. The molecule has 0 radical (unpaired) electrons. The number of benzene rings is 1. The van der Waals surface area contributed by atoms with E-state index in [0.29, 0.717) is 0 Å². The molecule has 128 valence electrons. The van der Waals surface area contributed by atoms with Crippen LogP contribution in [0, 0.1) is 0 Å². The van der Waals surface area contributed by atoms with Gasteiger partial charge in [-0.15, -0.1) is 0 Å². The zero-order chi connectivity index (χ0) is 16.2. The summed E-state index contributed by atoms with van der Waals surface area (Å²) in [5.74, 6) is 0. The Hall–Kier alpha value is -0.940. The quantitative estimate of drug-likeness (QED) is 0.914. The fraction of sp³-hybridized carbons (Fsp3) is 0.684. The van der Waals surface area contributed by atoms with Gasteiger partial charge in [0.2, 0.25) is 0 Å². The molecule has 4 nitrogen and oxygen atoms in total. The van der Waals surface area contributed by atoms with Gasteiger partial charge < -0.3 is 14.7 Å². The van der Waals surface area contributed by atoms with E-state index in [0.717, 1.165) is 52.1 Å². The standard InChI is InChI=1S/C19H30N2O2/c1-15-11-21(12-16(2)23-15)14-19(22)13-20-9-7-17-5-3-4-6-18(17)8-10-20/h3-6,15-16,19,22H,7-14H2,1-2H3. The fourth-order valence-electron chi connectivity index (χ4n) is 3.98. The molecule has 2 heterocycles. The molecule has 2 aliphatic rings. The van der Waals surface area contributed by atoms with Crippen molar-refractivity contribution >= 4 is 0 Å². The van der Waals surface area contributed by atoms with E-state index in [9.17, 15) is 5.11 Å². The van der Waals surface area contributed by atoms with Crippen LogP contribution in [0.2, 0.25) is 0 Å². The van der Waals surface area contributed by atoms with E-state index in [1.807, 2.05) is 0 Å². The average molecular weight is 318 g/mol. The lowest BCUT2D eigenvalue weighted by Gasteiger charge is -2.37. The van der Waals surface area contributed by atoms with E-state index < -0.39 is 0 Å². The summed E-state index contributed by atoms with van der Waals surface area (Å²) in [6.07, 6.45) is 2.43. The Morgan fingerprint density at radius 2 is 1.52 bits per heavy atom. The zero-order valence-electron chi connectivity index (χ0n) is 14.4. The Labute approximate surface area is 140 Å². The van der Waals surface area contributed by atoms with Crippen LogP contribution in [-0.4, -0.2) is 72.5 Å². The smallest absolute Gasteiger partial charge is 0.0793 e. The van der Waals surface area contributed by atoms with E-state index in [1.165, 1.54) is 11.1 Å². The molecule has 1 aromatic rings. The second-order valence-corrected chi connectivity index (χ2v) is 7.20. The summed E-state index contributed by atoms with van der Waals surface area (Å²) >= 11 is 0. The third kappa shape index (κ3) is 4.77. The molecular weight excluding hydrogens is 288 g/mol. The van der Waals surface area contributed by atoms with Crippen molar-refractivity contribution < 1.29 is 9.84 Å². The minimum atomic E-state index is -0.284. The van der Waals surface area contributed by atoms with Crippen LogP contribution in [0.25, 0.3) is 0 Å². The minimum absolute atomic E-state index is 0.263. The van der Waals surface area contributed by atoms with Crippen molar-refractivity contribution in [2.45, 2.75) is 45.0 Å². The lowest BCUT2D eigenvalue weighted by Crippen LogP contribution is -2.49. The first-order valence-electron chi connectivity index (χ1n) is 8.95. The number of hydrogen-bond donors (Lipinski definition) is 1. The molecule has 4 heteroatoms. The first-order valence-corrected chi connectivity index (χ1v) is 8.95. The average Bonchev–Trinajstić information content (AvgIpc) is 2.69. The molecule has 0 saturated carbocycles. The molecule has 1 fully saturated rings. The van der Waals surface area contributed by atoms with Gasteiger partial charge >= 0.3 is 0 Å². The summed E-state index contributed by atoms with van der Waals surface area (Å²) in [4.78, 5) is 4.76. The van der Waals surface area contributed by atoms with Gasteiger partial charge in [-0.2, -0.15) is 0 Å².